The molecule has 3 nitrogen and oxygen atoms in total. The van der Waals surface area contributed by atoms with E-state index in [-0.39, 0.29) is 0 Å². The SMILES string of the molecule is Clc1cccn2c(CC3CCCOC3)ncc12. The molecule has 17 heavy (non-hydrogen) atoms. The summed E-state index contributed by atoms with van der Waals surface area (Å²) >= 11 is 6.13. The van der Waals surface area contributed by atoms with Gasteiger partial charge in [-0.15, -0.1) is 0 Å². The van der Waals surface area contributed by atoms with Gasteiger partial charge in [-0.05, 0) is 30.9 Å². The van der Waals surface area contributed by atoms with Gasteiger partial charge in [0.15, 0.2) is 0 Å². The van der Waals surface area contributed by atoms with Crippen LogP contribution in [-0.2, 0) is 11.2 Å². The number of pyridine rings is 1. The molecule has 3 rings (SSSR count). The number of nitrogens with zero attached hydrogens (tertiary/aromatic N) is 2. The van der Waals surface area contributed by atoms with Gasteiger partial charge in [-0.2, -0.15) is 0 Å². The molecule has 2 aromatic rings. The lowest BCUT2D eigenvalue weighted by Crippen LogP contribution is -2.20. The van der Waals surface area contributed by atoms with Crippen LogP contribution in [0.15, 0.2) is 24.5 Å². The predicted molar refractivity (Wildman–Crippen MR) is 67.4 cm³/mol. The first kappa shape index (κ1) is 11.1. The average molecular weight is 251 g/mol. The lowest BCUT2D eigenvalue weighted by molar-refractivity contribution is 0.0542. The Labute approximate surface area is 105 Å². The zero-order valence-corrected chi connectivity index (χ0v) is 10.4. The molecule has 0 aromatic carbocycles. The van der Waals surface area contributed by atoms with Gasteiger partial charge in [0.05, 0.1) is 16.7 Å². The lowest BCUT2D eigenvalue weighted by atomic mass is 9.98. The molecular formula is C13H15ClN2O. The third-order valence-electron chi connectivity index (χ3n) is 3.32. The maximum atomic E-state index is 6.13. The quantitative estimate of drug-likeness (QED) is 0.819. The summed E-state index contributed by atoms with van der Waals surface area (Å²) in [5.41, 5.74) is 0.987. The van der Waals surface area contributed by atoms with Gasteiger partial charge < -0.3 is 9.14 Å². The Hall–Kier alpha value is -1.06. The van der Waals surface area contributed by atoms with Crippen LogP contribution in [0.3, 0.4) is 0 Å². The summed E-state index contributed by atoms with van der Waals surface area (Å²) in [5, 5.41) is 0.756. The molecule has 3 heterocycles. The van der Waals surface area contributed by atoms with E-state index < -0.39 is 0 Å². The van der Waals surface area contributed by atoms with Crippen LogP contribution >= 0.6 is 11.6 Å². The molecule has 1 fully saturated rings. The summed E-state index contributed by atoms with van der Waals surface area (Å²) in [6.07, 6.45) is 7.23. The molecule has 0 saturated carbocycles. The Balaban J connectivity index is 1.87. The molecule has 0 amide bonds. The molecule has 0 N–H and O–H groups in total. The van der Waals surface area contributed by atoms with Crippen molar-refractivity contribution in [2.45, 2.75) is 19.3 Å². The Bertz CT molecular complexity index is 517. The molecule has 1 aliphatic rings. The zero-order valence-electron chi connectivity index (χ0n) is 9.60. The molecule has 90 valence electrons. The molecule has 4 heteroatoms. The van der Waals surface area contributed by atoms with E-state index in [4.69, 9.17) is 16.3 Å². The minimum Gasteiger partial charge on any atom is -0.381 e. The first-order chi connectivity index (χ1) is 8.34. The predicted octanol–water partition coefficient (Wildman–Crippen LogP) is 2.96. The molecule has 0 radical (unpaired) electrons. The van der Waals surface area contributed by atoms with Crippen molar-refractivity contribution in [2.24, 2.45) is 5.92 Å². The topological polar surface area (TPSA) is 26.5 Å². The van der Waals surface area contributed by atoms with E-state index in [1.54, 1.807) is 0 Å². The number of rotatable bonds is 2. The first-order valence-electron chi connectivity index (χ1n) is 6.03. The zero-order chi connectivity index (χ0) is 11.7. The van der Waals surface area contributed by atoms with Crippen molar-refractivity contribution in [1.29, 1.82) is 0 Å². The lowest BCUT2D eigenvalue weighted by Gasteiger charge is -2.21. The smallest absolute Gasteiger partial charge is 0.113 e. The fourth-order valence-corrected chi connectivity index (χ4v) is 2.63. The highest BCUT2D eigenvalue weighted by Crippen LogP contribution is 2.22. The van der Waals surface area contributed by atoms with E-state index in [9.17, 15) is 0 Å². The molecule has 1 atom stereocenters. The van der Waals surface area contributed by atoms with Crippen LogP contribution in [0.5, 0.6) is 0 Å². The van der Waals surface area contributed by atoms with Crippen molar-refractivity contribution < 1.29 is 4.74 Å². The fraction of sp³-hybridized carbons (Fsp3) is 0.462. The van der Waals surface area contributed by atoms with Crippen molar-refractivity contribution in [3.8, 4) is 0 Å². The second kappa shape index (κ2) is 4.67. The average Bonchev–Trinajstić information content (AvgIpc) is 2.76. The number of fused-ring (bicyclic) bond motifs is 1. The third-order valence-corrected chi connectivity index (χ3v) is 3.64. The van der Waals surface area contributed by atoms with Gasteiger partial charge in [-0.25, -0.2) is 4.98 Å². The molecule has 1 unspecified atom stereocenters. The number of hydrogen-bond donors (Lipinski definition) is 0. The molecular weight excluding hydrogens is 236 g/mol. The Kier molecular flexibility index (Phi) is 3.04. The van der Waals surface area contributed by atoms with Gasteiger partial charge in [0.2, 0.25) is 0 Å². The molecule has 0 spiro atoms. The van der Waals surface area contributed by atoms with E-state index in [1.807, 2.05) is 24.5 Å². The van der Waals surface area contributed by atoms with Crippen LogP contribution in [0.25, 0.3) is 5.52 Å². The largest absolute Gasteiger partial charge is 0.381 e. The minimum atomic E-state index is 0.591. The number of ether oxygens (including phenoxy) is 1. The van der Waals surface area contributed by atoms with Crippen LogP contribution in [0, 0.1) is 5.92 Å². The highest BCUT2D eigenvalue weighted by Gasteiger charge is 2.17. The summed E-state index contributed by atoms with van der Waals surface area (Å²) < 4.78 is 7.58. The highest BCUT2D eigenvalue weighted by atomic mass is 35.5. The normalized spacial score (nSPS) is 20.9. The second-order valence-electron chi connectivity index (χ2n) is 4.57. The molecule has 0 aliphatic carbocycles. The van der Waals surface area contributed by atoms with E-state index in [2.05, 4.69) is 9.38 Å². The van der Waals surface area contributed by atoms with E-state index in [0.29, 0.717) is 5.92 Å². The van der Waals surface area contributed by atoms with E-state index in [0.717, 1.165) is 42.4 Å². The van der Waals surface area contributed by atoms with Crippen molar-refractivity contribution in [1.82, 2.24) is 9.38 Å². The maximum absolute atomic E-state index is 6.13. The van der Waals surface area contributed by atoms with Gasteiger partial charge in [-0.1, -0.05) is 11.6 Å². The summed E-state index contributed by atoms with van der Waals surface area (Å²) in [6, 6.07) is 3.85. The number of imidazole rings is 1. The highest BCUT2D eigenvalue weighted by molar-refractivity contribution is 6.33. The van der Waals surface area contributed by atoms with Crippen LogP contribution in [0.4, 0.5) is 0 Å². The standard InChI is InChI=1S/C13H15ClN2O/c14-11-4-1-5-16-12(11)8-15-13(16)7-10-3-2-6-17-9-10/h1,4-5,8,10H,2-3,6-7,9H2. The summed E-state index contributed by atoms with van der Waals surface area (Å²) in [5.74, 6) is 1.67. The van der Waals surface area contributed by atoms with Crippen LogP contribution in [-0.4, -0.2) is 22.6 Å². The van der Waals surface area contributed by atoms with Gasteiger partial charge >= 0.3 is 0 Å². The number of aromatic nitrogens is 2. The monoisotopic (exact) mass is 250 g/mol. The van der Waals surface area contributed by atoms with Crippen LogP contribution < -0.4 is 0 Å². The Morgan fingerprint density at radius 2 is 2.47 bits per heavy atom. The molecule has 1 saturated heterocycles. The van der Waals surface area contributed by atoms with Gasteiger partial charge in [-0.3, -0.25) is 0 Å². The van der Waals surface area contributed by atoms with Crippen LogP contribution in [0.1, 0.15) is 18.7 Å². The third kappa shape index (κ3) is 2.17. The first-order valence-corrected chi connectivity index (χ1v) is 6.40. The van der Waals surface area contributed by atoms with Crippen molar-refractivity contribution >= 4 is 17.1 Å². The van der Waals surface area contributed by atoms with Crippen molar-refractivity contribution in [3.05, 3.63) is 35.4 Å². The van der Waals surface area contributed by atoms with Crippen molar-refractivity contribution in [3.63, 3.8) is 0 Å². The van der Waals surface area contributed by atoms with E-state index in [1.165, 1.54) is 6.42 Å². The molecule has 2 aromatic heterocycles. The summed E-state index contributed by atoms with van der Waals surface area (Å²) in [6.45, 7) is 1.76. The maximum Gasteiger partial charge on any atom is 0.113 e. The Morgan fingerprint density at radius 3 is 3.29 bits per heavy atom. The second-order valence-corrected chi connectivity index (χ2v) is 4.98. The number of hydrogen-bond acceptors (Lipinski definition) is 2. The van der Waals surface area contributed by atoms with Gasteiger partial charge in [0.1, 0.15) is 5.82 Å². The van der Waals surface area contributed by atoms with Gasteiger partial charge in [0, 0.05) is 25.8 Å². The number of halogens is 1. The van der Waals surface area contributed by atoms with Gasteiger partial charge in [0.25, 0.3) is 0 Å². The molecule has 0 bridgehead atoms. The fourth-order valence-electron chi connectivity index (χ4n) is 2.42. The summed E-state index contributed by atoms with van der Waals surface area (Å²) in [7, 11) is 0. The van der Waals surface area contributed by atoms with Crippen LogP contribution in [0.2, 0.25) is 5.02 Å². The van der Waals surface area contributed by atoms with E-state index >= 15 is 0 Å². The minimum absolute atomic E-state index is 0.591. The van der Waals surface area contributed by atoms with Crippen molar-refractivity contribution in [2.75, 3.05) is 13.2 Å². The molecule has 1 aliphatic heterocycles. The Morgan fingerprint density at radius 1 is 1.53 bits per heavy atom. The summed E-state index contributed by atoms with van der Waals surface area (Å²) in [4.78, 5) is 4.47.